The van der Waals surface area contributed by atoms with Crippen LogP contribution in [0.25, 0.3) is 0 Å². The van der Waals surface area contributed by atoms with Crippen molar-refractivity contribution in [1.82, 2.24) is 0 Å². The van der Waals surface area contributed by atoms with Crippen molar-refractivity contribution in [2.24, 2.45) is 0 Å². The normalized spacial score (nSPS) is 24.8. The summed E-state index contributed by atoms with van der Waals surface area (Å²) in [5.74, 6) is 0. The monoisotopic (exact) mass is 329 g/mol. The molecular formula is C14H20BrNO3. The largest absolute Gasteiger partial charge is 0.389 e. The third-order valence-electron chi connectivity index (χ3n) is 3.62. The van der Waals surface area contributed by atoms with Crippen LogP contribution in [0.1, 0.15) is 18.6 Å². The Kier molecular flexibility index (Phi) is 4.84. The average Bonchev–Trinajstić information content (AvgIpc) is 2.81. The quantitative estimate of drug-likeness (QED) is 0.920. The van der Waals surface area contributed by atoms with E-state index in [1.54, 1.807) is 21.1 Å². The second kappa shape index (κ2) is 6.22. The summed E-state index contributed by atoms with van der Waals surface area (Å²) in [7, 11) is 3.43. The zero-order chi connectivity index (χ0) is 14.0. The Hall–Kier alpha value is -0.620. The fourth-order valence-electron chi connectivity index (χ4n) is 2.46. The molecule has 3 atom stereocenters. The van der Waals surface area contributed by atoms with Gasteiger partial charge in [-0.2, -0.15) is 0 Å². The molecule has 3 unspecified atom stereocenters. The number of methoxy groups -OCH3 is 2. The van der Waals surface area contributed by atoms with Crippen molar-refractivity contribution >= 4 is 21.6 Å². The van der Waals surface area contributed by atoms with Crippen LogP contribution in [0.2, 0.25) is 0 Å². The third-order valence-corrected chi connectivity index (χ3v) is 4.31. The second-order valence-electron chi connectivity index (χ2n) is 4.84. The number of hydrogen-bond acceptors (Lipinski definition) is 4. The highest BCUT2D eigenvalue weighted by molar-refractivity contribution is 9.10. The highest BCUT2D eigenvalue weighted by Gasteiger charge is 2.33. The van der Waals surface area contributed by atoms with E-state index in [4.69, 9.17) is 9.47 Å². The molecule has 0 radical (unpaired) electrons. The summed E-state index contributed by atoms with van der Waals surface area (Å²) in [6, 6.07) is 6.01. The summed E-state index contributed by atoms with van der Waals surface area (Å²) in [5, 5.41) is 9.64. The lowest BCUT2D eigenvalue weighted by Crippen LogP contribution is -2.27. The standard InChI is InChI=1S/C14H20BrNO3/c1-9(17)11-5-4-10(6-12(11)15)16-7-13(18-2)14(8-16)19-3/h4-6,9,13-14,17H,7-8H2,1-3H3. The maximum absolute atomic E-state index is 9.64. The summed E-state index contributed by atoms with van der Waals surface area (Å²) in [6.07, 6.45) is -0.277. The summed E-state index contributed by atoms with van der Waals surface area (Å²) in [4.78, 5) is 2.24. The smallest absolute Gasteiger partial charge is 0.102 e. The van der Waals surface area contributed by atoms with E-state index in [0.717, 1.165) is 28.8 Å². The van der Waals surface area contributed by atoms with Gasteiger partial charge in [-0.3, -0.25) is 0 Å². The Labute approximate surface area is 122 Å². The first-order chi connectivity index (χ1) is 9.06. The van der Waals surface area contributed by atoms with Crippen molar-refractivity contribution in [3.63, 3.8) is 0 Å². The highest BCUT2D eigenvalue weighted by atomic mass is 79.9. The van der Waals surface area contributed by atoms with Gasteiger partial charge in [0.1, 0.15) is 12.2 Å². The number of anilines is 1. The molecule has 1 aliphatic rings. The minimum atomic E-state index is -0.472. The van der Waals surface area contributed by atoms with Crippen LogP contribution in [0.4, 0.5) is 5.69 Å². The number of aliphatic hydroxyl groups excluding tert-OH is 1. The number of aliphatic hydroxyl groups is 1. The van der Waals surface area contributed by atoms with Crippen molar-refractivity contribution in [3.8, 4) is 0 Å². The molecule has 4 nitrogen and oxygen atoms in total. The first-order valence-electron chi connectivity index (χ1n) is 6.35. The molecule has 0 spiro atoms. The van der Waals surface area contributed by atoms with Gasteiger partial charge >= 0.3 is 0 Å². The van der Waals surface area contributed by atoms with Crippen molar-refractivity contribution in [1.29, 1.82) is 0 Å². The zero-order valence-electron chi connectivity index (χ0n) is 11.5. The Balaban J connectivity index is 2.17. The lowest BCUT2D eigenvalue weighted by molar-refractivity contribution is -0.00461. The molecule has 19 heavy (non-hydrogen) atoms. The van der Waals surface area contributed by atoms with E-state index >= 15 is 0 Å². The van der Waals surface area contributed by atoms with Gasteiger partial charge in [0.15, 0.2) is 0 Å². The van der Waals surface area contributed by atoms with Gasteiger partial charge in [0.05, 0.1) is 6.10 Å². The van der Waals surface area contributed by atoms with Crippen LogP contribution in [0.15, 0.2) is 22.7 Å². The number of benzene rings is 1. The molecule has 1 aliphatic heterocycles. The Morgan fingerprint density at radius 3 is 2.26 bits per heavy atom. The van der Waals surface area contributed by atoms with E-state index in [1.165, 1.54) is 0 Å². The van der Waals surface area contributed by atoms with Crippen molar-refractivity contribution in [2.75, 3.05) is 32.2 Å². The summed E-state index contributed by atoms with van der Waals surface area (Å²) in [6.45, 7) is 3.39. The van der Waals surface area contributed by atoms with Crippen molar-refractivity contribution in [3.05, 3.63) is 28.2 Å². The Bertz CT molecular complexity index is 427. The van der Waals surface area contributed by atoms with Crippen LogP contribution < -0.4 is 4.90 Å². The van der Waals surface area contributed by atoms with E-state index in [-0.39, 0.29) is 12.2 Å². The minimum absolute atomic E-state index is 0.0974. The minimum Gasteiger partial charge on any atom is -0.389 e. The van der Waals surface area contributed by atoms with Crippen LogP contribution in [0, 0.1) is 0 Å². The molecule has 2 rings (SSSR count). The summed E-state index contributed by atoms with van der Waals surface area (Å²) < 4.78 is 11.8. The SMILES string of the molecule is COC1CN(c2ccc(C(C)O)c(Br)c2)CC1OC. The third kappa shape index (κ3) is 3.11. The average molecular weight is 330 g/mol. The van der Waals surface area contributed by atoms with Gasteiger partial charge in [-0.1, -0.05) is 22.0 Å². The molecule has 5 heteroatoms. The maximum atomic E-state index is 9.64. The first kappa shape index (κ1) is 14.8. The molecule has 0 bridgehead atoms. The summed E-state index contributed by atoms with van der Waals surface area (Å²) >= 11 is 3.51. The lowest BCUT2D eigenvalue weighted by atomic mass is 10.1. The van der Waals surface area contributed by atoms with Crippen LogP contribution >= 0.6 is 15.9 Å². The molecule has 0 aliphatic carbocycles. The molecule has 1 fully saturated rings. The van der Waals surface area contributed by atoms with Crippen LogP contribution in [-0.2, 0) is 9.47 Å². The van der Waals surface area contributed by atoms with Gasteiger partial charge in [0.25, 0.3) is 0 Å². The van der Waals surface area contributed by atoms with Gasteiger partial charge in [-0.15, -0.1) is 0 Å². The van der Waals surface area contributed by atoms with Crippen molar-refractivity contribution in [2.45, 2.75) is 25.2 Å². The van der Waals surface area contributed by atoms with E-state index in [2.05, 4.69) is 20.8 Å². The number of halogens is 1. The van der Waals surface area contributed by atoms with E-state index < -0.39 is 6.10 Å². The van der Waals surface area contributed by atoms with Crippen molar-refractivity contribution < 1.29 is 14.6 Å². The lowest BCUT2D eigenvalue weighted by Gasteiger charge is -2.19. The Morgan fingerprint density at radius 1 is 1.26 bits per heavy atom. The van der Waals surface area contributed by atoms with E-state index in [1.807, 2.05) is 18.2 Å². The fourth-order valence-corrected chi connectivity index (χ4v) is 3.16. The van der Waals surface area contributed by atoms with Gasteiger partial charge in [-0.25, -0.2) is 0 Å². The number of hydrogen-bond donors (Lipinski definition) is 1. The first-order valence-corrected chi connectivity index (χ1v) is 7.14. The van der Waals surface area contributed by atoms with Gasteiger partial charge in [-0.05, 0) is 24.6 Å². The molecule has 1 heterocycles. The predicted octanol–water partition coefficient (Wildman–Crippen LogP) is 2.35. The highest BCUT2D eigenvalue weighted by Crippen LogP contribution is 2.30. The fraction of sp³-hybridized carbons (Fsp3) is 0.571. The molecule has 0 saturated carbocycles. The Morgan fingerprint density at radius 2 is 1.84 bits per heavy atom. The number of ether oxygens (including phenoxy) is 2. The van der Waals surface area contributed by atoms with E-state index in [0.29, 0.717) is 0 Å². The molecule has 0 amide bonds. The van der Waals surface area contributed by atoms with Gasteiger partial charge < -0.3 is 19.5 Å². The summed E-state index contributed by atoms with van der Waals surface area (Å²) in [5.41, 5.74) is 2.01. The van der Waals surface area contributed by atoms with Crippen LogP contribution in [0.5, 0.6) is 0 Å². The zero-order valence-corrected chi connectivity index (χ0v) is 13.1. The second-order valence-corrected chi connectivity index (χ2v) is 5.69. The van der Waals surface area contributed by atoms with Crippen LogP contribution in [-0.4, -0.2) is 44.6 Å². The molecule has 1 saturated heterocycles. The maximum Gasteiger partial charge on any atom is 0.102 e. The van der Waals surface area contributed by atoms with Gasteiger partial charge in [0.2, 0.25) is 0 Å². The number of nitrogens with zero attached hydrogens (tertiary/aromatic N) is 1. The molecule has 0 aromatic heterocycles. The van der Waals surface area contributed by atoms with Gasteiger partial charge in [0, 0.05) is 37.5 Å². The van der Waals surface area contributed by atoms with Crippen LogP contribution in [0.3, 0.4) is 0 Å². The molecule has 1 aromatic carbocycles. The molecular weight excluding hydrogens is 310 g/mol. The molecule has 106 valence electrons. The molecule has 1 aromatic rings. The topological polar surface area (TPSA) is 41.9 Å². The van der Waals surface area contributed by atoms with E-state index in [9.17, 15) is 5.11 Å². The predicted molar refractivity (Wildman–Crippen MR) is 78.6 cm³/mol. The molecule has 1 N–H and O–H groups in total. The number of rotatable bonds is 4.